The lowest BCUT2D eigenvalue weighted by molar-refractivity contribution is 0.300. The number of nitrogens with one attached hydrogen (secondary N) is 1. The average molecular weight is 243 g/mol. The topological polar surface area (TPSA) is 12.0 Å². The first-order chi connectivity index (χ1) is 8.83. The number of aryl methyl sites for hydroxylation is 1. The van der Waals surface area contributed by atoms with Crippen molar-refractivity contribution >= 4 is 0 Å². The van der Waals surface area contributed by atoms with Crippen LogP contribution >= 0.6 is 0 Å². The second-order valence-electron chi connectivity index (χ2n) is 6.12. The molecule has 0 spiro atoms. The highest BCUT2D eigenvalue weighted by atomic mass is 14.9. The quantitative estimate of drug-likeness (QED) is 0.798. The van der Waals surface area contributed by atoms with Crippen LogP contribution in [0.5, 0.6) is 0 Å². The Kier molecular flexibility index (Phi) is 3.43. The van der Waals surface area contributed by atoms with Crippen molar-refractivity contribution in [2.24, 2.45) is 17.8 Å². The third-order valence-electron chi connectivity index (χ3n) is 4.75. The summed E-state index contributed by atoms with van der Waals surface area (Å²) in [6.45, 7) is 2.24. The van der Waals surface area contributed by atoms with Gasteiger partial charge in [-0.1, -0.05) is 31.2 Å². The van der Waals surface area contributed by atoms with Crippen molar-refractivity contribution in [1.82, 2.24) is 5.32 Å². The van der Waals surface area contributed by atoms with Crippen molar-refractivity contribution in [3.8, 4) is 0 Å². The van der Waals surface area contributed by atoms with Crippen LogP contribution in [0.25, 0.3) is 0 Å². The van der Waals surface area contributed by atoms with Gasteiger partial charge in [-0.3, -0.25) is 0 Å². The maximum atomic E-state index is 3.61. The van der Waals surface area contributed by atoms with Crippen molar-refractivity contribution in [3.63, 3.8) is 0 Å². The third kappa shape index (κ3) is 2.47. The number of benzene rings is 1. The van der Waals surface area contributed by atoms with E-state index in [-0.39, 0.29) is 0 Å². The van der Waals surface area contributed by atoms with Crippen LogP contribution in [0.4, 0.5) is 0 Å². The summed E-state index contributed by atoms with van der Waals surface area (Å²) in [7, 11) is 2.14. The summed E-state index contributed by atoms with van der Waals surface area (Å²) in [5, 5.41) is 3.61. The highest BCUT2D eigenvalue weighted by molar-refractivity contribution is 5.27. The highest BCUT2D eigenvalue weighted by Crippen LogP contribution is 2.54. The zero-order valence-corrected chi connectivity index (χ0v) is 11.7. The molecule has 0 amide bonds. The first-order valence-electron chi connectivity index (χ1n) is 7.59. The molecule has 0 radical (unpaired) electrons. The van der Waals surface area contributed by atoms with Gasteiger partial charge in [-0.2, -0.15) is 0 Å². The van der Waals surface area contributed by atoms with Crippen LogP contribution in [0.3, 0.4) is 0 Å². The first-order valence-corrected chi connectivity index (χ1v) is 7.59. The Balaban J connectivity index is 1.84. The maximum Gasteiger partial charge on any atom is 0.0351 e. The van der Waals surface area contributed by atoms with Crippen LogP contribution in [0.2, 0.25) is 0 Å². The van der Waals surface area contributed by atoms with E-state index in [2.05, 4.69) is 43.6 Å². The Bertz CT molecular complexity index is 392. The van der Waals surface area contributed by atoms with E-state index in [1.165, 1.54) is 36.8 Å². The minimum atomic E-state index is 0.580. The molecule has 0 heterocycles. The molecule has 0 aliphatic heterocycles. The predicted molar refractivity (Wildman–Crippen MR) is 76.6 cm³/mol. The van der Waals surface area contributed by atoms with Gasteiger partial charge < -0.3 is 5.32 Å². The van der Waals surface area contributed by atoms with Gasteiger partial charge in [0.05, 0.1) is 0 Å². The summed E-state index contributed by atoms with van der Waals surface area (Å²) in [6.07, 6.45) is 7.00. The van der Waals surface area contributed by atoms with E-state index in [1.54, 1.807) is 0 Å². The fourth-order valence-electron chi connectivity index (χ4n) is 3.48. The van der Waals surface area contributed by atoms with Gasteiger partial charge in [-0.15, -0.1) is 0 Å². The normalized spacial score (nSPS) is 21.3. The van der Waals surface area contributed by atoms with E-state index >= 15 is 0 Å². The van der Waals surface area contributed by atoms with Gasteiger partial charge in [0, 0.05) is 6.04 Å². The summed E-state index contributed by atoms with van der Waals surface area (Å²) in [5.41, 5.74) is 2.98. The van der Waals surface area contributed by atoms with E-state index in [1.807, 2.05) is 0 Å². The van der Waals surface area contributed by atoms with Gasteiger partial charge in [0.25, 0.3) is 0 Å². The van der Waals surface area contributed by atoms with Crippen LogP contribution < -0.4 is 5.32 Å². The van der Waals surface area contributed by atoms with E-state index in [9.17, 15) is 0 Å². The molecule has 1 unspecified atom stereocenters. The molecule has 2 fully saturated rings. The van der Waals surface area contributed by atoms with Crippen LogP contribution in [-0.2, 0) is 6.42 Å². The van der Waals surface area contributed by atoms with E-state index in [0.717, 1.165) is 24.2 Å². The molecule has 2 saturated carbocycles. The summed E-state index contributed by atoms with van der Waals surface area (Å²) in [5.74, 6) is 2.89. The van der Waals surface area contributed by atoms with Crippen molar-refractivity contribution in [2.75, 3.05) is 7.05 Å². The summed E-state index contributed by atoms with van der Waals surface area (Å²) in [4.78, 5) is 0. The molecule has 3 rings (SSSR count). The van der Waals surface area contributed by atoms with Gasteiger partial charge in [-0.05, 0) is 68.0 Å². The standard InChI is InChI=1S/C17H25N/c1-3-12-5-4-6-15(11-12)17(18-2)16(13-7-8-13)14-9-10-14/h4-6,11,13-14,16-18H,3,7-10H2,1-2H3. The Morgan fingerprint density at radius 3 is 2.33 bits per heavy atom. The molecule has 18 heavy (non-hydrogen) atoms. The van der Waals surface area contributed by atoms with Crippen molar-refractivity contribution < 1.29 is 0 Å². The van der Waals surface area contributed by atoms with Crippen molar-refractivity contribution in [2.45, 2.75) is 45.1 Å². The first kappa shape index (κ1) is 12.2. The highest BCUT2D eigenvalue weighted by Gasteiger charge is 2.45. The third-order valence-corrected chi connectivity index (χ3v) is 4.75. The molecule has 1 aromatic carbocycles. The number of hydrogen-bond acceptors (Lipinski definition) is 1. The van der Waals surface area contributed by atoms with Gasteiger partial charge in [-0.25, -0.2) is 0 Å². The lowest BCUT2D eigenvalue weighted by Crippen LogP contribution is -2.28. The Labute approximate surface area is 111 Å². The summed E-state index contributed by atoms with van der Waals surface area (Å²) < 4.78 is 0. The predicted octanol–water partition coefficient (Wildman–Crippen LogP) is 3.95. The number of rotatable bonds is 6. The second kappa shape index (κ2) is 5.05. The van der Waals surface area contributed by atoms with E-state index < -0.39 is 0 Å². The Morgan fingerprint density at radius 2 is 1.83 bits per heavy atom. The van der Waals surface area contributed by atoms with Gasteiger partial charge in [0.15, 0.2) is 0 Å². The molecule has 2 aliphatic carbocycles. The van der Waals surface area contributed by atoms with Gasteiger partial charge >= 0.3 is 0 Å². The Morgan fingerprint density at radius 1 is 1.17 bits per heavy atom. The van der Waals surface area contributed by atoms with Crippen LogP contribution in [0, 0.1) is 17.8 Å². The summed E-state index contributed by atoms with van der Waals surface area (Å²) in [6, 6.07) is 9.79. The molecule has 0 saturated heterocycles. The summed E-state index contributed by atoms with van der Waals surface area (Å²) >= 11 is 0. The van der Waals surface area contributed by atoms with Crippen molar-refractivity contribution in [1.29, 1.82) is 0 Å². The number of hydrogen-bond donors (Lipinski definition) is 1. The van der Waals surface area contributed by atoms with Crippen molar-refractivity contribution in [3.05, 3.63) is 35.4 Å². The smallest absolute Gasteiger partial charge is 0.0351 e. The monoisotopic (exact) mass is 243 g/mol. The molecule has 1 heteroatoms. The molecule has 2 aliphatic rings. The molecule has 0 aromatic heterocycles. The molecular weight excluding hydrogens is 218 g/mol. The lowest BCUT2D eigenvalue weighted by Gasteiger charge is -2.28. The van der Waals surface area contributed by atoms with Crippen LogP contribution in [0.1, 0.15) is 49.8 Å². The van der Waals surface area contributed by atoms with Gasteiger partial charge in [0.1, 0.15) is 0 Å². The lowest BCUT2D eigenvalue weighted by atomic mass is 9.84. The Hall–Kier alpha value is -0.820. The SMILES string of the molecule is CCc1cccc(C(NC)C(C2CC2)C2CC2)c1. The largest absolute Gasteiger partial charge is 0.313 e. The maximum absolute atomic E-state index is 3.61. The van der Waals surface area contributed by atoms with Crippen LogP contribution in [0.15, 0.2) is 24.3 Å². The zero-order chi connectivity index (χ0) is 12.5. The molecule has 98 valence electrons. The molecule has 1 N–H and O–H groups in total. The minimum absolute atomic E-state index is 0.580. The molecule has 1 atom stereocenters. The minimum Gasteiger partial charge on any atom is -0.313 e. The molecule has 0 bridgehead atoms. The van der Waals surface area contributed by atoms with E-state index in [4.69, 9.17) is 0 Å². The second-order valence-corrected chi connectivity index (χ2v) is 6.12. The fraction of sp³-hybridized carbons (Fsp3) is 0.647. The average Bonchev–Trinajstić information content (AvgIpc) is 3.29. The van der Waals surface area contributed by atoms with Gasteiger partial charge in [0.2, 0.25) is 0 Å². The van der Waals surface area contributed by atoms with E-state index in [0.29, 0.717) is 6.04 Å². The zero-order valence-electron chi connectivity index (χ0n) is 11.7. The molecule has 1 nitrogen and oxygen atoms in total. The molecule has 1 aromatic rings. The molecular formula is C17H25N. The van der Waals surface area contributed by atoms with Crippen LogP contribution in [-0.4, -0.2) is 7.05 Å². The fourth-order valence-corrected chi connectivity index (χ4v) is 3.48.